The number of nitrogens with one attached hydrogen (secondary N) is 1. The lowest BCUT2D eigenvalue weighted by atomic mass is 10.2. The summed E-state index contributed by atoms with van der Waals surface area (Å²) in [5, 5.41) is 13.3. The van der Waals surface area contributed by atoms with E-state index in [9.17, 15) is 4.79 Å². The lowest BCUT2D eigenvalue weighted by molar-refractivity contribution is -0.120. The second-order valence-corrected chi connectivity index (χ2v) is 5.70. The third kappa shape index (κ3) is 3.92. The van der Waals surface area contributed by atoms with Gasteiger partial charge >= 0.3 is 0 Å². The Hall–Kier alpha value is -2.29. The molecule has 0 saturated heterocycles. The van der Waals surface area contributed by atoms with E-state index in [1.165, 1.54) is 0 Å². The summed E-state index contributed by atoms with van der Waals surface area (Å²) in [5.74, 6) is -0.443. The van der Waals surface area contributed by atoms with Crippen molar-refractivity contribution in [1.29, 1.82) is 5.26 Å². The number of nitriles is 1. The van der Waals surface area contributed by atoms with Gasteiger partial charge in [-0.15, -0.1) is 0 Å². The zero-order chi connectivity index (χ0) is 17.0. The Morgan fingerprint density at radius 3 is 2.74 bits per heavy atom. The fraction of sp³-hybridized carbons (Fsp3) is 0.188. The first-order chi connectivity index (χ1) is 10.9. The Kier molecular flexibility index (Phi) is 5.43. The highest BCUT2D eigenvalue weighted by Crippen LogP contribution is 2.27. The monoisotopic (exact) mass is 348 g/mol. The second-order valence-electron chi connectivity index (χ2n) is 4.89. The van der Waals surface area contributed by atoms with Crippen molar-refractivity contribution >= 4 is 35.3 Å². The molecule has 0 radical (unpaired) electrons. The number of nitrogens with zero attached hydrogens (tertiary/aromatic N) is 3. The van der Waals surface area contributed by atoms with Gasteiger partial charge < -0.3 is 4.57 Å². The highest BCUT2D eigenvalue weighted by molar-refractivity contribution is 6.42. The molecule has 0 fully saturated rings. The molecule has 0 saturated carbocycles. The van der Waals surface area contributed by atoms with Crippen molar-refractivity contribution in [2.24, 2.45) is 5.10 Å². The van der Waals surface area contributed by atoms with Crippen molar-refractivity contribution < 1.29 is 4.79 Å². The van der Waals surface area contributed by atoms with Gasteiger partial charge in [-0.25, -0.2) is 5.43 Å². The summed E-state index contributed by atoms with van der Waals surface area (Å²) in [7, 11) is 0. The normalized spacial score (nSPS) is 10.7. The minimum absolute atomic E-state index is 0.223. The molecule has 2 aromatic rings. The Bertz CT molecular complexity index is 818. The van der Waals surface area contributed by atoms with Crippen LogP contribution in [0.2, 0.25) is 10.0 Å². The van der Waals surface area contributed by atoms with Gasteiger partial charge in [0, 0.05) is 22.6 Å². The van der Waals surface area contributed by atoms with E-state index in [0.29, 0.717) is 10.0 Å². The van der Waals surface area contributed by atoms with Crippen molar-refractivity contribution in [3.05, 3.63) is 51.3 Å². The second kappa shape index (κ2) is 7.32. The summed E-state index contributed by atoms with van der Waals surface area (Å²) >= 11 is 12.0. The third-order valence-electron chi connectivity index (χ3n) is 3.26. The molecule has 0 atom stereocenters. The molecule has 0 unspecified atom stereocenters. The van der Waals surface area contributed by atoms with Crippen molar-refractivity contribution in [3.63, 3.8) is 0 Å². The summed E-state index contributed by atoms with van der Waals surface area (Å²) in [6, 6.07) is 9.11. The van der Waals surface area contributed by atoms with Crippen LogP contribution >= 0.6 is 23.2 Å². The molecule has 0 aliphatic carbocycles. The highest BCUT2D eigenvalue weighted by atomic mass is 35.5. The largest absolute Gasteiger partial charge is 0.318 e. The topological polar surface area (TPSA) is 70.2 Å². The minimum atomic E-state index is -0.443. The van der Waals surface area contributed by atoms with Crippen LogP contribution in [0, 0.1) is 25.2 Å². The molecule has 5 nitrogen and oxygen atoms in total. The Morgan fingerprint density at radius 1 is 1.35 bits per heavy atom. The Labute approximate surface area is 144 Å². The maximum Gasteiger partial charge on any atom is 0.254 e. The number of carbonyl (C=O) groups excluding carboxylic acids is 1. The molecular formula is C16H14Cl2N4O. The number of hydrogen-bond acceptors (Lipinski definition) is 3. The molecule has 1 N–H and O–H groups in total. The molecule has 0 bridgehead atoms. The zero-order valence-corrected chi connectivity index (χ0v) is 14.1. The van der Waals surface area contributed by atoms with Gasteiger partial charge in [-0.1, -0.05) is 23.2 Å². The Balaban J connectivity index is 2.29. The molecular weight excluding hydrogens is 335 g/mol. The van der Waals surface area contributed by atoms with Crippen LogP contribution in [-0.2, 0) is 4.79 Å². The molecule has 7 heteroatoms. The predicted octanol–water partition coefficient (Wildman–Crippen LogP) is 3.76. The van der Waals surface area contributed by atoms with Crippen LogP contribution in [0.1, 0.15) is 23.4 Å². The molecule has 0 aliphatic heterocycles. The van der Waals surface area contributed by atoms with E-state index in [1.54, 1.807) is 24.4 Å². The number of aryl methyl sites for hydroxylation is 1. The molecule has 1 heterocycles. The summed E-state index contributed by atoms with van der Waals surface area (Å²) in [4.78, 5) is 11.2. The van der Waals surface area contributed by atoms with E-state index in [-0.39, 0.29) is 6.42 Å². The fourth-order valence-corrected chi connectivity index (χ4v) is 2.52. The van der Waals surface area contributed by atoms with E-state index in [1.807, 2.05) is 30.5 Å². The quantitative estimate of drug-likeness (QED) is 0.674. The zero-order valence-electron chi connectivity index (χ0n) is 12.6. The van der Waals surface area contributed by atoms with E-state index in [0.717, 1.165) is 22.6 Å². The molecule has 2 rings (SSSR count). The highest BCUT2D eigenvalue weighted by Gasteiger charge is 2.10. The van der Waals surface area contributed by atoms with Crippen LogP contribution in [0.4, 0.5) is 0 Å². The van der Waals surface area contributed by atoms with Crippen LogP contribution in [0.25, 0.3) is 5.69 Å². The van der Waals surface area contributed by atoms with Gasteiger partial charge in [0.15, 0.2) is 0 Å². The first-order valence-electron chi connectivity index (χ1n) is 6.77. The van der Waals surface area contributed by atoms with E-state index >= 15 is 0 Å². The number of hydrazone groups is 1. The predicted molar refractivity (Wildman–Crippen MR) is 91.2 cm³/mol. The maximum atomic E-state index is 11.2. The van der Waals surface area contributed by atoms with Gasteiger partial charge in [-0.3, -0.25) is 4.79 Å². The third-order valence-corrected chi connectivity index (χ3v) is 4.00. The molecule has 1 aromatic carbocycles. The van der Waals surface area contributed by atoms with Gasteiger partial charge in [-0.05, 0) is 38.1 Å². The number of halogens is 2. The molecule has 1 aromatic heterocycles. The van der Waals surface area contributed by atoms with Crippen molar-refractivity contribution in [2.75, 3.05) is 0 Å². The number of hydrogen-bond donors (Lipinski definition) is 1. The van der Waals surface area contributed by atoms with Crippen LogP contribution in [0.3, 0.4) is 0 Å². The Morgan fingerprint density at radius 2 is 2.09 bits per heavy atom. The summed E-state index contributed by atoms with van der Waals surface area (Å²) in [5.41, 5.74) is 5.98. The van der Waals surface area contributed by atoms with Crippen LogP contribution in [-0.4, -0.2) is 16.7 Å². The molecule has 1 amide bonds. The summed E-state index contributed by atoms with van der Waals surface area (Å²) < 4.78 is 2.01. The summed E-state index contributed by atoms with van der Waals surface area (Å²) in [6.45, 7) is 3.90. The number of carbonyl (C=O) groups is 1. The molecule has 118 valence electrons. The number of benzene rings is 1. The van der Waals surface area contributed by atoms with Crippen molar-refractivity contribution in [1.82, 2.24) is 9.99 Å². The number of aromatic nitrogens is 1. The van der Waals surface area contributed by atoms with E-state index in [4.69, 9.17) is 28.5 Å². The molecule has 23 heavy (non-hydrogen) atoms. The lowest BCUT2D eigenvalue weighted by Crippen LogP contribution is -2.16. The van der Waals surface area contributed by atoms with Crippen LogP contribution in [0.5, 0.6) is 0 Å². The SMILES string of the molecule is Cc1cc(/C=N\NC(=O)CC#N)c(C)n1-c1ccc(Cl)c(Cl)c1. The summed E-state index contributed by atoms with van der Waals surface area (Å²) in [6.07, 6.45) is 1.32. The average Bonchev–Trinajstić information content (AvgIpc) is 2.77. The van der Waals surface area contributed by atoms with Crippen LogP contribution in [0.15, 0.2) is 29.4 Å². The van der Waals surface area contributed by atoms with Gasteiger partial charge in [0.1, 0.15) is 6.42 Å². The van der Waals surface area contributed by atoms with Crippen LogP contribution < -0.4 is 5.43 Å². The number of amides is 1. The molecule has 0 spiro atoms. The van der Waals surface area contributed by atoms with Crippen molar-refractivity contribution in [2.45, 2.75) is 20.3 Å². The fourth-order valence-electron chi connectivity index (χ4n) is 2.22. The van der Waals surface area contributed by atoms with Gasteiger partial charge in [-0.2, -0.15) is 10.4 Å². The first kappa shape index (κ1) is 17.1. The maximum absolute atomic E-state index is 11.2. The average molecular weight is 349 g/mol. The minimum Gasteiger partial charge on any atom is -0.318 e. The molecule has 0 aliphatic rings. The lowest BCUT2D eigenvalue weighted by Gasteiger charge is -2.10. The van der Waals surface area contributed by atoms with Gasteiger partial charge in [0.2, 0.25) is 0 Å². The van der Waals surface area contributed by atoms with E-state index in [2.05, 4.69) is 10.5 Å². The first-order valence-corrected chi connectivity index (χ1v) is 7.53. The van der Waals surface area contributed by atoms with E-state index < -0.39 is 5.91 Å². The van der Waals surface area contributed by atoms with Crippen molar-refractivity contribution in [3.8, 4) is 11.8 Å². The smallest absolute Gasteiger partial charge is 0.254 e. The number of rotatable bonds is 4. The standard InChI is InChI=1S/C16H14Cl2N4O/c1-10-7-12(9-20-21-16(23)5-6-19)11(2)22(10)13-3-4-14(17)15(18)8-13/h3-4,7-9H,5H2,1-2H3,(H,21,23)/b20-9-. The van der Waals surface area contributed by atoms with Gasteiger partial charge in [0.25, 0.3) is 5.91 Å². The van der Waals surface area contributed by atoms with Gasteiger partial charge in [0.05, 0.1) is 22.3 Å².